The molecule has 2 bridgehead atoms. The van der Waals surface area contributed by atoms with Crippen molar-refractivity contribution in [2.24, 2.45) is 28.6 Å². The summed E-state index contributed by atoms with van der Waals surface area (Å²) >= 11 is 0. The van der Waals surface area contributed by atoms with Crippen LogP contribution >= 0.6 is 0 Å². The maximum Gasteiger partial charge on any atom is 0.164 e. The standard InChI is InChI=1S/C18H30O2/c1-11-7-8-12-15(2,3)13-9-18(11,12)10-14-17(13,6)20-16(4,5)19-14/h11-14H,7-10H2,1-6H3/t11-,12+,13?,14+,17+,18-/m1/s1. The zero-order chi connectivity index (χ0) is 14.6. The van der Waals surface area contributed by atoms with Crippen LogP contribution in [0.5, 0.6) is 0 Å². The molecule has 2 nitrogen and oxygen atoms in total. The van der Waals surface area contributed by atoms with E-state index < -0.39 is 5.79 Å². The fourth-order valence-corrected chi connectivity index (χ4v) is 7.01. The third kappa shape index (κ3) is 1.34. The second-order valence-corrected chi connectivity index (χ2v) is 9.34. The Morgan fingerprint density at radius 2 is 1.60 bits per heavy atom. The van der Waals surface area contributed by atoms with Crippen molar-refractivity contribution in [2.75, 3.05) is 0 Å². The Hall–Kier alpha value is -0.0800. The Kier molecular flexibility index (Phi) is 2.35. The van der Waals surface area contributed by atoms with Crippen LogP contribution in [0.4, 0.5) is 0 Å². The fourth-order valence-electron chi connectivity index (χ4n) is 7.01. The average molecular weight is 278 g/mol. The molecular weight excluding hydrogens is 248 g/mol. The van der Waals surface area contributed by atoms with Gasteiger partial charge in [0.15, 0.2) is 5.79 Å². The Morgan fingerprint density at radius 3 is 2.30 bits per heavy atom. The van der Waals surface area contributed by atoms with Crippen LogP contribution in [-0.2, 0) is 9.47 Å². The molecule has 20 heavy (non-hydrogen) atoms. The molecule has 1 heterocycles. The monoisotopic (exact) mass is 278 g/mol. The van der Waals surface area contributed by atoms with Crippen LogP contribution in [0.15, 0.2) is 0 Å². The zero-order valence-electron chi connectivity index (χ0n) is 14.0. The van der Waals surface area contributed by atoms with Crippen molar-refractivity contribution in [3.05, 3.63) is 0 Å². The molecule has 4 aliphatic rings. The van der Waals surface area contributed by atoms with E-state index in [1.807, 2.05) is 0 Å². The molecule has 3 saturated carbocycles. The summed E-state index contributed by atoms with van der Waals surface area (Å²) in [5.41, 5.74) is 0.836. The second-order valence-electron chi connectivity index (χ2n) is 9.34. The van der Waals surface area contributed by atoms with Crippen LogP contribution in [0.25, 0.3) is 0 Å². The Labute approximate surface area is 123 Å². The van der Waals surface area contributed by atoms with Gasteiger partial charge in [0.05, 0.1) is 11.7 Å². The molecule has 1 saturated heterocycles. The first-order chi connectivity index (χ1) is 9.12. The molecule has 0 aromatic carbocycles. The molecule has 4 fully saturated rings. The topological polar surface area (TPSA) is 18.5 Å². The van der Waals surface area contributed by atoms with E-state index in [-0.39, 0.29) is 5.60 Å². The first kappa shape index (κ1) is 13.6. The molecular formula is C18H30O2. The van der Waals surface area contributed by atoms with Crippen molar-refractivity contribution in [3.63, 3.8) is 0 Å². The Balaban J connectivity index is 1.82. The molecule has 6 atom stereocenters. The highest BCUT2D eigenvalue weighted by atomic mass is 16.8. The quantitative estimate of drug-likeness (QED) is 0.654. The highest BCUT2D eigenvalue weighted by Crippen LogP contribution is 2.75. The van der Waals surface area contributed by atoms with E-state index in [0.29, 0.717) is 22.9 Å². The van der Waals surface area contributed by atoms with Gasteiger partial charge >= 0.3 is 0 Å². The average Bonchev–Trinajstić information content (AvgIpc) is 2.80. The minimum atomic E-state index is -0.409. The van der Waals surface area contributed by atoms with Gasteiger partial charge < -0.3 is 9.47 Å². The van der Waals surface area contributed by atoms with E-state index in [1.54, 1.807) is 0 Å². The van der Waals surface area contributed by atoms with E-state index in [2.05, 4.69) is 41.5 Å². The molecule has 3 aliphatic carbocycles. The predicted molar refractivity (Wildman–Crippen MR) is 79.3 cm³/mol. The number of rotatable bonds is 0. The van der Waals surface area contributed by atoms with Gasteiger partial charge in [0.1, 0.15) is 0 Å². The van der Waals surface area contributed by atoms with Crippen molar-refractivity contribution in [1.82, 2.24) is 0 Å². The van der Waals surface area contributed by atoms with Crippen LogP contribution in [0.2, 0.25) is 0 Å². The largest absolute Gasteiger partial charge is 0.344 e. The second kappa shape index (κ2) is 3.46. The molecule has 2 heteroatoms. The molecule has 114 valence electrons. The summed E-state index contributed by atoms with van der Waals surface area (Å²) in [5.74, 6) is 1.96. The normalized spacial score (nSPS) is 58.5. The Morgan fingerprint density at radius 1 is 0.900 bits per heavy atom. The molecule has 1 aliphatic heterocycles. The maximum atomic E-state index is 6.48. The third-order valence-corrected chi connectivity index (χ3v) is 7.73. The first-order valence-corrected chi connectivity index (χ1v) is 8.50. The van der Waals surface area contributed by atoms with Gasteiger partial charge in [-0.1, -0.05) is 20.8 Å². The first-order valence-electron chi connectivity index (χ1n) is 8.50. The van der Waals surface area contributed by atoms with Crippen molar-refractivity contribution in [3.8, 4) is 0 Å². The molecule has 0 amide bonds. The SMILES string of the molecule is C[C@@H]1CC[C@H]2C(C)(C)C3C[C@@]12C[C@@H]1OC(C)(C)O[C@@]31C. The lowest BCUT2D eigenvalue weighted by Gasteiger charge is -2.47. The van der Waals surface area contributed by atoms with Gasteiger partial charge in [-0.05, 0) is 75.0 Å². The lowest BCUT2D eigenvalue weighted by Crippen LogP contribution is -2.52. The predicted octanol–water partition coefficient (Wildman–Crippen LogP) is 4.38. The van der Waals surface area contributed by atoms with Crippen LogP contribution in [0, 0.1) is 28.6 Å². The number of hydrogen-bond donors (Lipinski definition) is 0. The minimum Gasteiger partial charge on any atom is -0.344 e. The summed E-state index contributed by atoms with van der Waals surface area (Å²) in [6.07, 6.45) is 5.70. The van der Waals surface area contributed by atoms with E-state index in [9.17, 15) is 0 Å². The molecule has 1 spiro atoms. The highest BCUT2D eigenvalue weighted by Gasteiger charge is 2.73. The minimum absolute atomic E-state index is 0.0810. The lowest BCUT2D eigenvalue weighted by molar-refractivity contribution is -0.177. The van der Waals surface area contributed by atoms with E-state index >= 15 is 0 Å². The summed E-state index contributed by atoms with van der Waals surface area (Å²) in [6, 6.07) is 0. The van der Waals surface area contributed by atoms with Gasteiger partial charge in [-0.15, -0.1) is 0 Å². The summed E-state index contributed by atoms with van der Waals surface area (Å²) in [5, 5.41) is 0. The summed E-state index contributed by atoms with van der Waals surface area (Å²) in [7, 11) is 0. The van der Waals surface area contributed by atoms with Gasteiger partial charge in [-0.2, -0.15) is 0 Å². The van der Waals surface area contributed by atoms with Gasteiger partial charge in [-0.3, -0.25) is 0 Å². The molecule has 0 radical (unpaired) electrons. The number of fused-ring (bicyclic) bond motifs is 3. The smallest absolute Gasteiger partial charge is 0.164 e. The van der Waals surface area contributed by atoms with Gasteiger partial charge in [0.2, 0.25) is 0 Å². The van der Waals surface area contributed by atoms with Crippen LogP contribution in [0.3, 0.4) is 0 Å². The lowest BCUT2D eigenvalue weighted by atomic mass is 9.63. The number of ether oxygens (including phenoxy) is 2. The summed E-state index contributed by atoms with van der Waals surface area (Å²) < 4.78 is 12.8. The zero-order valence-corrected chi connectivity index (χ0v) is 14.0. The van der Waals surface area contributed by atoms with Crippen molar-refractivity contribution in [1.29, 1.82) is 0 Å². The van der Waals surface area contributed by atoms with E-state index in [1.165, 1.54) is 25.7 Å². The molecule has 0 aromatic heterocycles. The van der Waals surface area contributed by atoms with Gasteiger partial charge in [-0.25, -0.2) is 0 Å². The van der Waals surface area contributed by atoms with Crippen molar-refractivity contribution < 1.29 is 9.47 Å². The molecule has 0 aromatic rings. The highest BCUT2D eigenvalue weighted by molar-refractivity contribution is 5.21. The maximum absolute atomic E-state index is 6.48. The number of hydrogen-bond acceptors (Lipinski definition) is 2. The van der Waals surface area contributed by atoms with Crippen molar-refractivity contribution >= 4 is 0 Å². The fraction of sp³-hybridized carbons (Fsp3) is 1.00. The molecule has 4 rings (SSSR count). The van der Waals surface area contributed by atoms with Crippen LogP contribution < -0.4 is 0 Å². The van der Waals surface area contributed by atoms with Crippen LogP contribution in [0.1, 0.15) is 67.2 Å². The van der Waals surface area contributed by atoms with Gasteiger partial charge in [0, 0.05) is 0 Å². The molecule has 0 N–H and O–H groups in total. The van der Waals surface area contributed by atoms with E-state index in [0.717, 1.165) is 11.8 Å². The summed E-state index contributed by atoms with van der Waals surface area (Å²) in [4.78, 5) is 0. The van der Waals surface area contributed by atoms with Crippen LogP contribution in [-0.4, -0.2) is 17.5 Å². The van der Waals surface area contributed by atoms with Gasteiger partial charge in [0.25, 0.3) is 0 Å². The van der Waals surface area contributed by atoms with E-state index in [4.69, 9.17) is 9.47 Å². The Bertz CT molecular complexity index is 454. The third-order valence-electron chi connectivity index (χ3n) is 7.73. The van der Waals surface area contributed by atoms with Crippen molar-refractivity contribution in [2.45, 2.75) is 84.7 Å². The summed E-state index contributed by atoms with van der Waals surface area (Å²) in [6.45, 7) is 14.0. The molecule has 1 unspecified atom stereocenters.